The van der Waals surface area contributed by atoms with Gasteiger partial charge in [0.15, 0.2) is 5.78 Å². The lowest BCUT2D eigenvalue weighted by molar-refractivity contribution is -0.124. The van der Waals surface area contributed by atoms with Gasteiger partial charge in [0.1, 0.15) is 6.04 Å². The molecule has 104 valence electrons. The normalized spacial score (nSPS) is 13.5. The van der Waals surface area contributed by atoms with Crippen LogP contribution in [0.3, 0.4) is 0 Å². The van der Waals surface area contributed by atoms with E-state index in [9.17, 15) is 9.59 Å². The van der Waals surface area contributed by atoms with Gasteiger partial charge in [0, 0.05) is 20.0 Å². The monoisotopic (exact) mass is 262 g/mol. The summed E-state index contributed by atoms with van der Waals surface area (Å²) in [6, 6.07) is 8.52. The van der Waals surface area contributed by atoms with E-state index in [2.05, 4.69) is 5.32 Å². The van der Waals surface area contributed by atoms with Crippen molar-refractivity contribution in [3.63, 3.8) is 0 Å². The minimum atomic E-state index is -0.578. The number of Topliss-reactive ketones (excluding diaryl/α,β-unsaturated/α-hetero) is 1. The van der Waals surface area contributed by atoms with Gasteiger partial charge < -0.3 is 10.2 Å². The van der Waals surface area contributed by atoms with Gasteiger partial charge in [-0.3, -0.25) is 4.79 Å². The summed E-state index contributed by atoms with van der Waals surface area (Å²) in [7, 11) is 3.32. The smallest absolute Gasteiger partial charge is 0.317 e. The SMILES string of the molecule is CCC(C)C(=O)[C@H](NC(=O)N(C)C)c1ccccc1. The molecule has 1 rings (SSSR count). The highest BCUT2D eigenvalue weighted by molar-refractivity contribution is 5.90. The number of hydrogen-bond donors (Lipinski definition) is 1. The number of carbonyl (C=O) groups is 2. The van der Waals surface area contributed by atoms with E-state index in [0.717, 1.165) is 12.0 Å². The number of rotatable bonds is 5. The first-order valence-corrected chi connectivity index (χ1v) is 6.53. The standard InChI is InChI=1S/C15H22N2O2/c1-5-11(2)14(18)13(16-15(19)17(3)4)12-9-7-6-8-10-12/h6-11,13H,5H2,1-4H3,(H,16,19)/t11?,13-/m1/s1. The molecule has 0 saturated heterocycles. The fourth-order valence-corrected chi connectivity index (χ4v) is 1.70. The zero-order chi connectivity index (χ0) is 14.4. The topological polar surface area (TPSA) is 49.4 Å². The fraction of sp³-hybridized carbons (Fsp3) is 0.467. The number of benzene rings is 1. The number of amides is 2. The molecule has 19 heavy (non-hydrogen) atoms. The molecular weight excluding hydrogens is 240 g/mol. The number of nitrogens with zero attached hydrogens (tertiary/aromatic N) is 1. The summed E-state index contributed by atoms with van der Waals surface area (Å²) in [6.45, 7) is 3.86. The zero-order valence-corrected chi connectivity index (χ0v) is 12.0. The van der Waals surface area contributed by atoms with Crippen LogP contribution in [0.4, 0.5) is 4.79 Å². The van der Waals surface area contributed by atoms with Crippen molar-refractivity contribution in [3.05, 3.63) is 35.9 Å². The second kappa shape index (κ2) is 6.92. The Morgan fingerprint density at radius 3 is 2.26 bits per heavy atom. The quantitative estimate of drug-likeness (QED) is 0.886. The summed E-state index contributed by atoms with van der Waals surface area (Å²) >= 11 is 0. The highest BCUT2D eigenvalue weighted by atomic mass is 16.2. The van der Waals surface area contributed by atoms with Crippen LogP contribution in [-0.4, -0.2) is 30.8 Å². The van der Waals surface area contributed by atoms with Crippen molar-refractivity contribution in [2.75, 3.05) is 14.1 Å². The molecule has 0 heterocycles. The van der Waals surface area contributed by atoms with Crippen molar-refractivity contribution >= 4 is 11.8 Å². The largest absolute Gasteiger partial charge is 0.331 e. The van der Waals surface area contributed by atoms with E-state index < -0.39 is 6.04 Å². The minimum absolute atomic E-state index is 0.0453. The summed E-state index contributed by atoms with van der Waals surface area (Å²) in [6.07, 6.45) is 0.764. The molecule has 2 atom stereocenters. The van der Waals surface area contributed by atoms with E-state index in [4.69, 9.17) is 0 Å². The molecule has 1 N–H and O–H groups in total. The average Bonchev–Trinajstić information content (AvgIpc) is 2.43. The minimum Gasteiger partial charge on any atom is -0.331 e. The first kappa shape index (κ1) is 15.2. The van der Waals surface area contributed by atoms with Crippen LogP contribution in [0.2, 0.25) is 0 Å². The lowest BCUT2D eigenvalue weighted by Gasteiger charge is -2.23. The van der Waals surface area contributed by atoms with E-state index >= 15 is 0 Å². The Bertz CT molecular complexity index is 429. The van der Waals surface area contributed by atoms with Crippen LogP contribution in [0.5, 0.6) is 0 Å². The van der Waals surface area contributed by atoms with Crippen molar-refractivity contribution in [2.24, 2.45) is 5.92 Å². The highest BCUT2D eigenvalue weighted by Gasteiger charge is 2.26. The Morgan fingerprint density at radius 2 is 1.79 bits per heavy atom. The average molecular weight is 262 g/mol. The Morgan fingerprint density at radius 1 is 1.21 bits per heavy atom. The van der Waals surface area contributed by atoms with E-state index in [-0.39, 0.29) is 17.7 Å². The molecule has 0 spiro atoms. The molecular formula is C15H22N2O2. The van der Waals surface area contributed by atoms with E-state index in [0.29, 0.717) is 0 Å². The van der Waals surface area contributed by atoms with Gasteiger partial charge in [-0.1, -0.05) is 44.2 Å². The van der Waals surface area contributed by atoms with Crippen molar-refractivity contribution in [1.82, 2.24) is 10.2 Å². The summed E-state index contributed by atoms with van der Waals surface area (Å²) in [4.78, 5) is 25.6. The Labute approximate surface area is 114 Å². The maximum absolute atomic E-state index is 12.4. The van der Waals surface area contributed by atoms with Crippen LogP contribution in [-0.2, 0) is 4.79 Å². The van der Waals surface area contributed by atoms with Gasteiger partial charge in [-0.2, -0.15) is 0 Å². The maximum Gasteiger partial charge on any atom is 0.317 e. The van der Waals surface area contributed by atoms with E-state index in [1.54, 1.807) is 14.1 Å². The van der Waals surface area contributed by atoms with Crippen molar-refractivity contribution in [3.8, 4) is 0 Å². The first-order valence-electron chi connectivity index (χ1n) is 6.53. The molecule has 0 fully saturated rings. The van der Waals surface area contributed by atoms with Crippen LogP contribution < -0.4 is 5.32 Å². The summed E-state index contributed by atoms with van der Waals surface area (Å²) in [5.74, 6) is -0.0310. The number of ketones is 1. The van der Waals surface area contributed by atoms with Crippen LogP contribution in [0.1, 0.15) is 31.9 Å². The molecule has 0 aliphatic rings. The third kappa shape index (κ3) is 4.09. The van der Waals surface area contributed by atoms with Crippen molar-refractivity contribution < 1.29 is 9.59 Å². The predicted molar refractivity (Wildman–Crippen MR) is 75.9 cm³/mol. The Balaban J connectivity index is 2.98. The number of carbonyl (C=O) groups excluding carboxylic acids is 2. The van der Waals surface area contributed by atoms with Crippen LogP contribution in [0.15, 0.2) is 30.3 Å². The van der Waals surface area contributed by atoms with E-state index in [1.165, 1.54) is 4.90 Å². The lowest BCUT2D eigenvalue weighted by Crippen LogP contribution is -2.41. The fourth-order valence-electron chi connectivity index (χ4n) is 1.70. The second-order valence-corrected chi connectivity index (χ2v) is 4.90. The summed E-state index contributed by atoms with van der Waals surface area (Å²) < 4.78 is 0. The Kier molecular flexibility index (Phi) is 5.55. The molecule has 0 saturated carbocycles. The molecule has 1 aromatic carbocycles. The van der Waals surface area contributed by atoms with Crippen molar-refractivity contribution in [2.45, 2.75) is 26.3 Å². The van der Waals surface area contributed by atoms with Gasteiger partial charge in [-0.25, -0.2) is 4.79 Å². The number of hydrogen-bond acceptors (Lipinski definition) is 2. The van der Waals surface area contributed by atoms with Gasteiger partial charge >= 0.3 is 6.03 Å². The third-order valence-electron chi connectivity index (χ3n) is 3.19. The Hall–Kier alpha value is -1.84. The van der Waals surface area contributed by atoms with Crippen LogP contribution >= 0.6 is 0 Å². The number of urea groups is 1. The molecule has 2 amide bonds. The molecule has 0 aliphatic heterocycles. The lowest BCUT2D eigenvalue weighted by atomic mass is 9.93. The van der Waals surface area contributed by atoms with Gasteiger partial charge in [0.2, 0.25) is 0 Å². The molecule has 0 aromatic heterocycles. The van der Waals surface area contributed by atoms with Crippen LogP contribution in [0, 0.1) is 5.92 Å². The molecule has 1 unspecified atom stereocenters. The first-order chi connectivity index (χ1) is 8.97. The van der Waals surface area contributed by atoms with Gasteiger partial charge in [0.25, 0.3) is 0 Å². The molecule has 0 aliphatic carbocycles. The molecule has 4 heteroatoms. The highest BCUT2D eigenvalue weighted by Crippen LogP contribution is 2.19. The second-order valence-electron chi connectivity index (χ2n) is 4.90. The predicted octanol–water partition coefficient (Wildman–Crippen LogP) is 2.61. The molecule has 1 aromatic rings. The summed E-state index contributed by atoms with van der Waals surface area (Å²) in [5, 5.41) is 2.79. The molecule has 0 radical (unpaired) electrons. The third-order valence-corrected chi connectivity index (χ3v) is 3.19. The number of nitrogens with one attached hydrogen (secondary N) is 1. The van der Waals surface area contributed by atoms with Crippen LogP contribution in [0.25, 0.3) is 0 Å². The van der Waals surface area contributed by atoms with E-state index in [1.807, 2.05) is 44.2 Å². The maximum atomic E-state index is 12.4. The van der Waals surface area contributed by atoms with Crippen molar-refractivity contribution in [1.29, 1.82) is 0 Å². The van der Waals surface area contributed by atoms with Gasteiger partial charge in [-0.15, -0.1) is 0 Å². The van der Waals surface area contributed by atoms with Gasteiger partial charge in [-0.05, 0) is 12.0 Å². The van der Waals surface area contributed by atoms with Gasteiger partial charge in [0.05, 0.1) is 0 Å². The molecule has 0 bridgehead atoms. The zero-order valence-electron chi connectivity index (χ0n) is 12.0. The molecule has 4 nitrogen and oxygen atoms in total. The summed E-state index contributed by atoms with van der Waals surface area (Å²) in [5.41, 5.74) is 0.822.